The van der Waals surface area contributed by atoms with Crippen molar-refractivity contribution in [1.82, 2.24) is 4.98 Å². The van der Waals surface area contributed by atoms with Crippen LogP contribution in [-0.2, 0) is 23.1 Å². The lowest BCUT2D eigenvalue weighted by Gasteiger charge is -2.34. The van der Waals surface area contributed by atoms with Gasteiger partial charge in [0.25, 0.3) is 0 Å². The van der Waals surface area contributed by atoms with E-state index in [-0.39, 0.29) is 18.5 Å². The number of aliphatic imine (C=N–C) groups is 1. The molecule has 2 aromatic carbocycles. The van der Waals surface area contributed by atoms with Crippen molar-refractivity contribution in [2.75, 3.05) is 6.61 Å². The number of amidine groups is 1. The van der Waals surface area contributed by atoms with Crippen LogP contribution in [0.3, 0.4) is 0 Å². The minimum atomic E-state index is -0.919. The number of ether oxygens (including phenoxy) is 1. The maximum Gasteiger partial charge on any atom is 0.128 e. The molecular formula is C25H23ClFN3OS. The Hall–Kier alpha value is -2.67. The van der Waals surface area contributed by atoms with Crippen LogP contribution >= 0.6 is 23.8 Å². The summed E-state index contributed by atoms with van der Waals surface area (Å²) in [7, 11) is 0. The highest BCUT2D eigenvalue weighted by Crippen LogP contribution is 2.33. The van der Waals surface area contributed by atoms with E-state index in [2.05, 4.69) is 9.98 Å². The smallest absolute Gasteiger partial charge is 0.128 e. The maximum atomic E-state index is 14.8. The van der Waals surface area contributed by atoms with E-state index < -0.39 is 5.54 Å². The number of halogens is 2. The third-order valence-corrected chi connectivity index (χ3v) is 6.10. The molecule has 1 aromatic heterocycles. The molecule has 0 spiro atoms. The van der Waals surface area contributed by atoms with Crippen LogP contribution in [0.4, 0.5) is 4.39 Å². The van der Waals surface area contributed by atoms with Crippen molar-refractivity contribution in [3.63, 3.8) is 0 Å². The Labute approximate surface area is 197 Å². The van der Waals surface area contributed by atoms with Gasteiger partial charge < -0.3 is 10.5 Å². The molecule has 0 fully saturated rings. The SMILES string of the molecule is C[C@@]1(c2cc(CC(=S)c3ccc(Cl)cn3)ccc2F)CO[C@@H](Cc2ccccc2)C(N)=N1. The Morgan fingerprint density at radius 2 is 1.97 bits per heavy atom. The summed E-state index contributed by atoms with van der Waals surface area (Å²) in [6, 6.07) is 18.4. The molecule has 4 rings (SSSR count). The summed E-state index contributed by atoms with van der Waals surface area (Å²) in [4.78, 5) is 9.59. The maximum absolute atomic E-state index is 14.8. The average molecular weight is 468 g/mol. The topological polar surface area (TPSA) is 60.5 Å². The van der Waals surface area contributed by atoms with Crippen molar-refractivity contribution < 1.29 is 9.13 Å². The Morgan fingerprint density at radius 1 is 1.19 bits per heavy atom. The number of thiocarbonyl (C=S) groups is 1. The van der Waals surface area contributed by atoms with Crippen LogP contribution in [0, 0.1) is 5.82 Å². The molecule has 0 bridgehead atoms. The predicted molar refractivity (Wildman–Crippen MR) is 130 cm³/mol. The first-order valence-electron chi connectivity index (χ1n) is 10.3. The van der Waals surface area contributed by atoms with Gasteiger partial charge in [0.05, 0.1) is 17.3 Å². The van der Waals surface area contributed by atoms with Crippen molar-refractivity contribution in [2.45, 2.75) is 31.4 Å². The Kier molecular flexibility index (Phi) is 6.65. The number of aromatic nitrogens is 1. The summed E-state index contributed by atoms with van der Waals surface area (Å²) in [6.45, 7) is 2.06. The summed E-state index contributed by atoms with van der Waals surface area (Å²) in [6.07, 6.45) is 2.30. The molecule has 3 aromatic rings. The van der Waals surface area contributed by atoms with Gasteiger partial charge in [-0.05, 0) is 42.3 Å². The molecule has 0 saturated carbocycles. The molecule has 164 valence electrons. The molecule has 0 radical (unpaired) electrons. The molecule has 0 saturated heterocycles. The van der Waals surface area contributed by atoms with Gasteiger partial charge in [0, 0.05) is 29.5 Å². The van der Waals surface area contributed by atoms with Crippen LogP contribution in [0.5, 0.6) is 0 Å². The van der Waals surface area contributed by atoms with Crippen molar-refractivity contribution in [3.8, 4) is 0 Å². The lowest BCUT2D eigenvalue weighted by atomic mass is 9.89. The minimum Gasteiger partial charge on any atom is -0.385 e. The fourth-order valence-corrected chi connectivity index (χ4v) is 4.18. The fraction of sp³-hybridized carbons (Fsp3) is 0.240. The van der Waals surface area contributed by atoms with Gasteiger partial charge in [0.15, 0.2) is 0 Å². The first kappa shape index (κ1) is 22.5. The van der Waals surface area contributed by atoms with E-state index in [9.17, 15) is 4.39 Å². The van der Waals surface area contributed by atoms with Crippen LogP contribution in [0.25, 0.3) is 0 Å². The number of nitrogens with zero attached hydrogens (tertiary/aromatic N) is 2. The van der Waals surface area contributed by atoms with E-state index in [1.165, 1.54) is 6.07 Å². The summed E-state index contributed by atoms with van der Waals surface area (Å²) in [5, 5.41) is 0.548. The molecule has 32 heavy (non-hydrogen) atoms. The van der Waals surface area contributed by atoms with Gasteiger partial charge in [-0.15, -0.1) is 0 Å². The summed E-state index contributed by atoms with van der Waals surface area (Å²) >= 11 is 11.4. The first-order valence-corrected chi connectivity index (χ1v) is 11.1. The van der Waals surface area contributed by atoms with Gasteiger partial charge in [0.1, 0.15) is 23.3 Å². The molecule has 2 heterocycles. The number of hydrogen-bond donors (Lipinski definition) is 1. The van der Waals surface area contributed by atoms with Gasteiger partial charge in [-0.2, -0.15) is 0 Å². The van der Waals surface area contributed by atoms with Crippen LogP contribution in [-0.4, -0.2) is 28.4 Å². The van der Waals surface area contributed by atoms with Crippen molar-refractivity contribution >= 4 is 34.5 Å². The first-order chi connectivity index (χ1) is 15.3. The monoisotopic (exact) mass is 467 g/mol. The molecule has 7 heteroatoms. The highest BCUT2D eigenvalue weighted by molar-refractivity contribution is 7.80. The normalized spacial score (nSPS) is 20.6. The summed E-state index contributed by atoms with van der Waals surface area (Å²) in [5.41, 5.74) is 8.42. The lowest BCUT2D eigenvalue weighted by molar-refractivity contribution is 0.0445. The van der Waals surface area contributed by atoms with E-state index >= 15 is 0 Å². The summed E-state index contributed by atoms with van der Waals surface area (Å²) < 4.78 is 20.9. The zero-order chi connectivity index (χ0) is 22.7. The molecule has 0 aliphatic carbocycles. The Bertz CT molecular complexity index is 1150. The van der Waals surface area contributed by atoms with Crippen molar-refractivity contribution in [2.24, 2.45) is 10.7 Å². The number of hydrogen-bond acceptors (Lipinski definition) is 5. The number of nitrogens with two attached hydrogens (primary N) is 1. The standard InChI is InChI=1S/C25H23ClFN3OS/c1-25(15-31-22(24(28)30-25)12-16-5-3-2-4-6-16)19-11-17(7-9-20(19)27)13-23(32)21-10-8-18(26)14-29-21/h2-11,14,22H,12-13,15H2,1H3,(H2,28,30)/t22-,25-/m0/s1. The predicted octanol–water partition coefficient (Wildman–Crippen LogP) is 5.05. The molecule has 2 N–H and O–H groups in total. The second-order valence-electron chi connectivity index (χ2n) is 8.08. The van der Waals surface area contributed by atoms with Crippen LogP contribution in [0.2, 0.25) is 5.02 Å². The zero-order valence-corrected chi connectivity index (χ0v) is 19.2. The largest absolute Gasteiger partial charge is 0.385 e. The molecule has 0 amide bonds. The molecule has 0 unspecified atom stereocenters. The van der Waals surface area contributed by atoms with E-state index in [0.29, 0.717) is 39.8 Å². The highest BCUT2D eigenvalue weighted by atomic mass is 35.5. The van der Waals surface area contributed by atoms with Gasteiger partial charge in [-0.3, -0.25) is 9.98 Å². The van der Waals surface area contributed by atoms with E-state index in [1.807, 2.05) is 37.3 Å². The van der Waals surface area contributed by atoms with Crippen LogP contribution in [0.1, 0.15) is 29.3 Å². The van der Waals surface area contributed by atoms with E-state index in [0.717, 1.165) is 11.1 Å². The second kappa shape index (κ2) is 9.45. The molecule has 1 aliphatic heterocycles. The summed E-state index contributed by atoms with van der Waals surface area (Å²) in [5.74, 6) is 0.0155. The number of pyridine rings is 1. The molecule has 2 atom stereocenters. The molecule has 4 nitrogen and oxygen atoms in total. The van der Waals surface area contributed by atoms with E-state index in [1.54, 1.807) is 30.5 Å². The lowest BCUT2D eigenvalue weighted by Crippen LogP contribution is -2.45. The van der Waals surface area contributed by atoms with Gasteiger partial charge in [-0.25, -0.2) is 4.39 Å². The number of benzene rings is 2. The zero-order valence-electron chi connectivity index (χ0n) is 17.6. The number of rotatable bonds is 6. The quantitative estimate of drug-likeness (QED) is 0.407. The second-order valence-corrected chi connectivity index (χ2v) is 9.00. The molecular weight excluding hydrogens is 445 g/mol. The minimum absolute atomic E-state index is 0.231. The van der Waals surface area contributed by atoms with Gasteiger partial charge >= 0.3 is 0 Å². The van der Waals surface area contributed by atoms with Crippen molar-refractivity contribution in [3.05, 3.63) is 100 Å². The third-order valence-electron chi connectivity index (χ3n) is 5.52. The highest BCUT2D eigenvalue weighted by Gasteiger charge is 2.36. The third kappa shape index (κ3) is 5.04. The van der Waals surface area contributed by atoms with Crippen LogP contribution < -0.4 is 5.73 Å². The Morgan fingerprint density at radius 3 is 2.66 bits per heavy atom. The molecule has 1 aliphatic rings. The Balaban J connectivity index is 1.55. The fourth-order valence-electron chi connectivity index (χ4n) is 3.78. The average Bonchev–Trinajstić information content (AvgIpc) is 2.78. The van der Waals surface area contributed by atoms with Crippen LogP contribution in [0.15, 0.2) is 71.9 Å². The van der Waals surface area contributed by atoms with Gasteiger partial charge in [-0.1, -0.05) is 60.2 Å². The van der Waals surface area contributed by atoms with Gasteiger partial charge in [0.2, 0.25) is 0 Å². The van der Waals surface area contributed by atoms with E-state index in [4.69, 9.17) is 34.3 Å². The van der Waals surface area contributed by atoms with Crippen molar-refractivity contribution in [1.29, 1.82) is 0 Å².